The van der Waals surface area contributed by atoms with E-state index in [-0.39, 0.29) is 17.4 Å². The average Bonchev–Trinajstić information content (AvgIpc) is 2.81. The molecule has 2 aromatic carbocycles. The van der Waals surface area contributed by atoms with Crippen molar-refractivity contribution in [1.82, 2.24) is 0 Å². The summed E-state index contributed by atoms with van der Waals surface area (Å²) in [6.45, 7) is 1.62. The predicted octanol–water partition coefficient (Wildman–Crippen LogP) is 4.98. The van der Waals surface area contributed by atoms with Gasteiger partial charge in [0.2, 0.25) is 0 Å². The van der Waals surface area contributed by atoms with E-state index in [1.807, 2.05) is 48.5 Å². The van der Waals surface area contributed by atoms with Crippen LogP contribution in [0.1, 0.15) is 29.3 Å². The molecule has 136 valence electrons. The third-order valence-corrected chi connectivity index (χ3v) is 4.75. The van der Waals surface area contributed by atoms with E-state index in [4.69, 9.17) is 16.0 Å². The Labute approximate surface area is 161 Å². The van der Waals surface area contributed by atoms with E-state index in [9.17, 15) is 9.90 Å². The van der Waals surface area contributed by atoms with Crippen molar-refractivity contribution in [3.63, 3.8) is 0 Å². The Hall–Kier alpha value is -3.05. The first-order valence-electron chi connectivity index (χ1n) is 8.54. The van der Waals surface area contributed by atoms with Crippen molar-refractivity contribution in [3.05, 3.63) is 86.9 Å². The van der Waals surface area contributed by atoms with Gasteiger partial charge in [0.15, 0.2) is 0 Å². The summed E-state index contributed by atoms with van der Waals surface area (Å²) in [7, 11) is 0. The molecule has 1 aliphatic rings. The van der Waals surface area contributed by atoms with Gasteiger partial charge in [-0.2, -0.15) is 0 Å². The van der Waals surface area contributed by atoms with Crippen LogP contribution in [0.5, 0.6) is 5.75 Å². The Morgan fingerprint density at radius 3 is 2.67 bits per heavy atom. The number of fused-ring (bicyclic) bond motifs is 1. The number of rotatable bonds is 2. The number of anilines is 1. The van der Waals surface area contributed by atoms with Crippen LogP contribution in [0.15, 0.2) is 68.8 Å². The topological polar surface area (TPSA) is 74.8 Å². The summed E-state index contributed by atoms with van der Waals surface area (Å²) >= 11 is 6.01. The third-order valence-electron chi connectivity index (χ3n) is 4.50. The summed E-state index contributed by atoms with van der Waals surface area (Å²) in [5.41, 5.74) is 2.52. The Morgan fingerprint density at radius 2 is 1.93 bits per heavy atom. The fourth-order valence-electron chi connectivity index (χ4n) is 3.23. The summed E-state index contributed by atoms with van der Waals surface area (Å²) in [6, 6.07) is 16.4. The van der Waals surface area contributed by atoms with Crippen molar-refractivity contribution in [1.29, 1.82) is 0 Å². The molecule has 5 nitrogen and oxygen atoms in total. The van der Waals surface area contributed by atoms with Gasteiger partial charge in [-0.05, 0) is 36.8 Å². The highest BCUT2D eigenvalue weighted by Gasteiger charge is 2.25. The standard InChI is InChI=1S/C21H17ClN2O3/c1-12-10-19(25)20(21(26)27-12)18-11-17(13-6-8-14(22)9-7-13)23-15-4-2-3-5-16(15)24-18/h2-10,17,23,25H,11H2,1H3. The quantitative estimate of drug-likeness (QED) is 0.657. The number of aryl methyl sites for hydroxylation is 1. The molecule has 0 amide bonds. The molecular weight excluding hydrogens is 364 g/mol. The van der Waals surface area contributed by atoms with Crippen LogP contribution < -0.4 is 10.9 Å². The van der Waals surface area contributed by atoms with Gasteiger partial charge in [0.05, 0.1) is 23.1 Å². The van der Waals surface area contributed by atoms with E-state index < -0.39 is 5.63 Å². The van der Waals surface area contributed by atoms with E-state index in [2.05, 4.69) is 10.3 Å². The van der Waals surface area contributed by atoms with Crippen LogP contribution in [0.4, 0.5) is 11.4 Å². The lowest BCUT2D eigenvalue weighted by Gasteiger charge is -2.19. The molecule has 0 radical (unpaired) electrons. The Bertz CT molecular complexity index is 1090. The maximum Gasteiger partial charge on any atom is 0.348 e. The minimum atomic E-state index is -0.597. The van der Waals surface area contributed by atoms with Crippen molar-refractivity contribution >= 4 is 28.7 Å². The van der Waals surface area contributed by atoms with Gasteiger partial charge in [-0.3, -0.25) is 4.99 Å². The number of halogens is 1. The van der Waals surface area contributed by atoms with Crippen LogP contribution in [0.2, 0.25) is 5.02 Å². The second-order valence-corrected chi connectivity index (χ2v) is 6.87. The Balaban J connectivity index is 1.86. The molecule has 1 aliphatic heterocycles. The maximum atomic E-state index is 12.4. The number of nitrogens with one attached hydrogen (secondary N) is 1. The van der Waals surface area contributed by atoms with Gasteiger partial charge >= 0.3 is 5.63 Å². The molecule has 0 saturated carbocycles. The molecule has 3 aromatic rings. The second-order valence-electron chi connectivity index (χ2n) is 6.43. The number of nitrogens with zero attached hydrogens (tertiary/aromatic N) is 1. The highest BCUT2D eigenvalue weighted by atomic mass is 35.5. The number of aliphatic imine (C=N–C) groups is 1. The molecule has 1 atom stereocenters. The first kappa shape index (κ1) is 17.4. The lowest BCUT2D eigenvalue weighted by molar-refractivity contribution is 0.432. The van der Waals surface area contributed by atoms with Gasteiger partial charge in [-0.15, -0.1) is 0 Å². The number of para-hydroxylation sites is 2. The molecule has 0 spiro atoms. The van der Waals surface area contributed by atoms with Crippen LogP contribution in [0.3, 0.4) is 0 Å². The van der Waals surface area contributed by atoms with Gasteiger partial charge in [0, 0.05) is 17.5 Å². The highest BCUT2D eigenvalue weighted by Crippen LogP contribution is 2.36. The molecule has 2 N–H and O–H groups in total. The van der Waals surface area contributed by atoms with Crippen molar-refractivity contribution in [2.24, 2.45) is 4.99 Å². The van der Waals surface area contributed by atoms with Crippen molar-refractivity contribution in [2.75, 3.05) is 5.32 Å². The molecule has 2 heterocycles. The largest absolute Gasteiger partial charge is 0.507 e. The molecule has 0 aliphatic carbocycles. The minimum absolute atomic E-state index is 0.0954. The monoisotopic (exact) mass is 380 g/mol. The van der Waals surface area contributed by atoms with Gasteiger partial charge in [0.25, 0.3) is 0 Å². The third kappa shape index (κ3) is 3.46. The number of hydrogen-bond acceptors (Lipinski definition) is 5. The van der Waals surface area contributed by atoms with Crippen molar-refractivity contribution < 1.29 is 9.52 Å². The van der Waals surface area contributed by atoms with Gasteiger partial charge in [-0.1, -0.05) is 35.9 Å². The number of hydrogen-bond donors (Lipinski definition) is 2. The van der Waals surface area contributed by atoms with E-state index in [1.165, 1.54) is 6.07 Å². The lowest BCUT2D eigenvalue weighted by Crippen LogP contribution is -2.19. The lowest BCUT2D eigenvalue weighted by atomic mass is 9.97. The summed E-state index contributed by atoms with van der Waals surface area (Å²) in [4.78, 5) is 17.1. The predicted molar refractivity (Wildman–Crippen MR) is 106 cm³/mol. The van der Waals surface area contributed by atoms with E-state index in [0.29, 0.717) is 28.6 Å². The first-order chi connectivity index (χ1) is 13.0. The fraction of sp³-hybridized carbons (Fsp3) is 0.143. The summed E-state index contributed by atoms with van der Waals surface area (Å²) in [6.07, 6.45) is 0.400. The zero-order chi connectivity index (χ0) is 19.0. The molecule has 27 heavy (non-hydrogen) atoms. The molecule has 1 aromatic heterocycles. The molecule has 0 fully saturated rings. The molecule has 0 saturated heterocycles. The zero-order valence-electron chi connectivity index (χ0n) is 14.6. The number of aromatic hydroxyl groups is 1. The molecule has 4 rings (SSSR count). The minimum Gasteiger partial charge on any atom is -0.507 e. The summed E-state index contributed by atoms with van der Waals surface area (Å²) < 4.78 is 5.19. The molecule has 0 bridgehead atoms. The zero-order valence-corrected chi connectivity index (χ0v) is 15.3. The smallest absolute Gasteiger partial charge is 0.348 e. The number of benzene rings is 2. The van der Waals surface area contributed by atoms with Gasteiger partial charge in [0.1, 0.15) is 17.1 Å². The van der Waals surface area contributed by atoms with Crippen molar-refractivity contribution in [2.45, 2.75) is 19.4 Å². The van der Waals surface area contributed by atoms with E-state index in [1.54, 1.807) is 6.92 Å². The van der Waals surface area contributed by atoms with Crippen LogP contribution in [0, 0.1) is 6.92 Å². The molecular formula is C21H17ClN2O3. The molecule has 1 unspecified atom stereocenters. The van der Waals surface area contributed by atoms with Gasteiger partial charge in [-0.25, -0.2) is 4.79 Å². The normalized spacial score (nSPS) is 16.1. The fourth-order valence-corrected chi connectivity index (χ4v) is 3.36. The maximum absolute atomic E-state index is 12.4. The van der Waals surface area contributed by atoms with Crippen LogP contribution in [0.25, 0.3) is 0 Å². The van der Waals surface area contributed by atoms with Gasteiger partial charge < -0.3 is 14.8 Å². The average molecular weight is 381 g/mol. The van der Waals surface area contributed by atoms with Crippen molar-refractivity contribution in [3.8, 4) is 5.75 Å². The Morgan fingerprint density at radius 1 is 1.19 bits per heavy atom. The van der Waals surface area contributed by atoms with Crippen LogP contribution in [-0.4, -0.2) is 10.8 Å². The summed E-state index contributed by atoms with van der Waals surface area (Å²) in [5, 5.41) is 14.5. The summed E-state index contributed by atoms with van der Waals surface area (Å²) in [5.74, 6) is 0.222. The Kier molecular flexibility index (Phi) is 4.46. The van der Waals surface area contributed by atoms with Crippen LogP contribution in [-0.2, 0) is 0 Å². The SMILES string of the molecule is Cc1cc(O)c(C2=Nc3ccccc3NC(c3ccc(Cl)cc3)C2)c(=O)o1. The molecule has 6 heteroatoms. The second kappa shape index (κ2) is 6.93. The van der Waals surface area contributed by atoms with E-state index in [0.717, 1.165) is 11.3 Å². The van der Waals surface area contributed by atoms with Crippen LogP contribution >= 0.6 is 11.6 Å². The highest BCUT2D eigenvalue weighted by molar-refractivity contribution is 6.30. The first-order valence-corrected chi connectivity index (χ1v) is 8.92. The van der Waals surface area contributed by atoms with E-state index >= 15 is 0 Å².